The molecule has 0 amide bonds. The summed E-state index contributed by atoms with van der Waals surface area (Å²) in [5, 5.41) is 24.7. The largest absolute Gasteiger partial charge is 1.00 e. The maximum atomic E-state index is 14.2. The van der Waals surface area contributed by atoms with Gasteiger partial charge in [-0.15, -0.1) is 0 Å². The Hall–Kier alpha value is -1.75. The summed E-state index contributed by atoms with van der Waals surface area (Å²) >= 11 is 0. The predicted octanol–water partition coefficient (Wildman–Crippen LogP) is 0.386. The van der Waals surface area contributed by atoms with Crippen LogP contribution in [0, 0.1) is 5.95 Å². The average Bonchev–Trinajstić information content (AvgIpc) is 3.41. The fourth-order valence-corrected chi connectivity index (χ4v) is 3.52. The fraction of sp³-hybridized carbons (Fsp3) is 0.273. The van der Waals surface area contributed by atoms with Gasteiger partial charge in [-0.2, -0.15) is 9.60 Å². The number of hydrogen-bond acceptors (Lipinski definition) is 5. The van der Waals surface area contributed by atoms with Gasteiger partial charge in [0.25, 0.3) is 0 Å². The molecule has 2 aromatic heterocycles. The zero-order valence-electron chi connectivity index (χ0n) is 17.7. The molecule has 0 radical (unpaired) electrons. The summed E-state index contributed by atoms with van der Waals surface area (Å²) < 4.78 is 15.9. The molecule has 0 atom stereocenters. The van der Waals surface area contributed by atoms with Crippen molar-refractivity contribution in [1.29, 1.82) is 0 Å². The first-order valence-electron chi connectivity index (χ1n) is 9.93. The Morgan fingerprint density at radius 1 is 1.06 bits per heavy atom. The third-order valence-corrected chi connectivity index (χ3v) is 5.10. The van der Waals surface area contributed by atoms with Crippen LogP contribution < -0.4 is 56.5 Å². The van der Waals surface area contributed by atoms with Gasteiger partial charge < -0.3 is 14.8 Å². The SMILES string of the molecule is CCCCc1nc(F)c(CO)n1Cc1ccc(-c2ccccc2-c2nnn[n-]2)cc1.[K+]. The van der Waals surface area contributed by atoms with E-state index in [4.69, 9.17) is 0 Å². The van der Waals surface area contributed by atoms with Crippen molar-refractivity contribution in [2.45, 2.75) is 39.3 Å². The van der Waals surface area contributed by atoms with E-state index in [0.717, 1.165) is 35.1 Å². The van der Waals surface area contributed by atoms with Crippen LogP contribution in [0.25, 0.3) is 22.5 Å². The molecule has 4 rings (SSSR count). The van der Waals surface area contributed by atoms with Crippen molar-refractivity contribution >= 4 is 0 Å². The van der Waals surface area contributed by atoms with E-state index in [-0.39, 0.29) is 63.7 Å². The van der Waals surface area contributed by atoms with Crippen molar-refractivity contribution in [3.63, 3.8) is 0 Å². The average molecular weight is 445 g/mol. The summed E-state index contributed by atoms with van der Waals surface area (Å²) in [6.45, 7) is 2.16. The van der Waals surface area contributed by atoms with E-state index in [1.54, 1.807) is 4.57 Å². The van der Waals surface area contributed by atoms with Gasteiger partial charge >= 0.3 is 51.4 Å². The Kier molecular flexibility index (Phi) is 8.64. The monoisotopic (exact) mass is 444 g/mol. The van der Waals surface area contributed by atoms with Crippen LogP contribution in [0.3, 0.4) is 0 Å². The molecule has 7 nitrogen and oxygen atoms in total. The summed E-state index contributed by atoms with van der Waals surface area (Å²) in [5.74, 6) is 0.559. The van der Waals surface area contributed by atoms with Crippen LogP contribution in [-0.4, -0.2) is 30.2 Å². The number of aliphatic hydroxyl groups is 1. The maximum Gasteiger partial charge on any atom is 1.00 e. The van der Waals surface area contributed by atoms with E-state index in [1.165, 1.54) is 0 Å². The van der Waals surface area contributed by atoms with Gasteiger partial charge in [-0.1, -0.05) is 61.9 Å². The van der Waals surface area contributed by atoms with Gasteiger partial charge in [0.1, 0.15) is 11.5 Å². The molecule has 0 saturated carbocycles. The quantitative estimate of drug-likeness (QED) is 0.395. The fourth-order valence-electron chi connectivity index (χ4n) is 3.52. The number of imidazole rings is 1. The van der Waals surface area contributed by atoms with Crippen LogP contribution in [-0.2, 0) is 19.6 Å². The zero-order valence-corrected chi connectivity index (χ0v) is 20.8. The minimum Gasteiger partial charge on any atom is -0.390 e. The molecule has 31 heavy (non-hydrogen) atoms. The van der Waals surface area contributed by atoms with Crippen LogP contribution >= 0.6 is 0 Å². The van der Waals surface area contributed by atoms with E-state index >= 15 is 0 Å². The van der Waals surface area contributed by atoms with Gasteiger partial charge in [-0.3, -0.25) is 10.3 Å². The molecule has 4 aromatic rings. The summed E-state index contributed by atoms with van der Waals surface area (Å²) in [7, 11) is 0. The second kappa shape index (κ2) is 11.2. The van der Waals surface area contributed by atoms with Crippen molar-refractivity contribution in [1.82, 2.24) is 30.2 Å². The first-order chi connectivity index (χ1) is 14.7. The minimum atomic E-state index is -0.592. The third-order valence-electron chi connectivity index (χ3n) is 5.10. The maximum absolute atomic E-state index is 14.2. The topological polar surface area (TPSA) is 90.8 Å². The number of halogens is 1. The molecule has 0 saturated heterocycles. The zero-order chi connectivity index (χ0) is 20.9. The number of tetrazole rings is 1. The third kappa shape index (κ3) is 5.36. The van der Waals surface area contributed by atoms with Crippen LogP contribution in [0.1, 0.15) is 36.8 Å². The molecular formula is C22H22FKN6O. The standard InChI is InChI=1S/C22H22FN6O.K/c1-2-3-8-20-24-21(23)19(14-30)29(20)13-15-9-11-16(12-10-15)17-6-4-5-7-18(17)22-25-27-28-26-22;/h4-7,9-12,30H,2-3,8,13-14H2,1H3;/q-1;+1. The molecule has 0 bridgehead atoms. The molecule has 2 heterocycles. The van der Waals surface area contributed by atoms with Gasteiger partial charge in [0.05, 0.1) is 6.61 Å². The van der Waals surface area contributed by atoms with E-state index in [2.05, 4.69) is 32.5 Å². The Morgan fingerprint density at radius 2 is 1.81 bits per heavy atom. The van der Waals surface area contributed by atoms with E-state index in [9.17, 15) is 9.50 Å². The molecule has 0 aliphatic heterocycles. The van der Waals surface area contributed by atoms with E-state index in [0.29, 0.717) is 24.6 Å². The molecule has 0 aliphatic carbocycles. The van der Waals surface area contributed by atoms with Gasteiger partial charge in [0.15, 0.2) is 0 Å². The number of rotatable bonds is 8. The summed E-state index contributed by atoms with van der Waals surface area (Å²) in [4.78, 5) is 4.03. The smallest absolute Gasteiger partial charge is 0.390 e. The van der Waals surface area contributed by atoms with E-state index < -0.39 is 5.95 Å². The minimum absolute atomic E-state index is 0. The molecule has 0 aliphatic rings. The van der Waals surface area contributed by atoms with Crippen LogP contribution in [0.15, 0.2) is 48.5 Å². The number of nitrogens with zero attached hydrogens (tertiary/aromatic N) is 6. The molecule has 154 valence electrons. The molecule has 0 unspecified atom stereocenters. The second-order valence-corrected chi connectivity index (χ2v) is 7.06. The Bertz CT molecular complexity index is 1110. The van der Waals surface area contributed by atoms with Gasteiger partial charge in [-0.05, 0) is 28.7 Å². The van der Waals surface area contributed by atoms with Crippen LogP contribution in [0.2, 0.25) is 0 Å². The van der Waals surface area contributed by atoms with Gasteiger partial charge in [0, 0.05) is 18.8 Å². The number of unbranched alkanes of at least 4 members (excludes halogenated alkanes) is 1. The van der Waals surface area contributed by atoms with Crippen LogP contribution in [0.5, 0.6) is 0 Å². The van der Waals surface area contributed by atoms with E-state index in [1.807, 2.05) is 48.5 Å². The van der Waals surface area contributed by atoms with Gasteiger partial charge in [-0.25, -0.2) is 4.98 Å². The number of aromatic nitrogens is 6. The van der Waals surface area contributed by atoms with Crippen molar-refractivity contribution in [3.05, 3.63) is 71.6 Å². The molecular weight excluding hydrogens is 422 g/mol. The molecule has 1 N–H and O–H groups in total. The first kappa shape index (κ1) is 23.9. The Labute approximate surface area is 222 Å². The van der Waals surface area contributed by atoms with Crippen molar-refractivity contribution in [3.8, 4) is 22.5 Å². The summed E-state index contributed by atoms with van der Waals surface area (Å²) in [5.41, 5.74) is 4.06. The van der Waals surface area contributed by atoms with Crippen molar-refractivity contribution in [2.24, 2.45) is 0 Å². The molecule has 2 aromatic carbocycles. The predicted molar refractivity (Wildman–Crippen MR) is 110 cm³/mol. The Morgan fingerprint density at radius 3 is 2.45 bits per heavy atom. The summed E-state index contributed by atoms with van der Waals surface area (Å²) in [6, 6.07) is 15.8. The first-order valence-corrected chi connectivity index (χ1v) is 9.93. The van der Waals surface area contributed by atoms with Crippen LogP contribution in [0.4, 0.5) is 4.39 Å². The number of aliphatic hydroxyl groups excluding tert-OH is 1. The van der Waals surface area contributed by atoms with Crippen molar-refractivity contribution in [2.75, 3.05) is 0 Å². The number of benzene rings is 2. The molecule has 0 fully saturated rings. The van der Waals surface area contributed by atoms with Crippen molar-refractivity contribution < 1.29 is 60.9 Å². The normalized spacial score (nSPS) is 10.8. The number of aryl methyl sites for hydroxylation is 1. The summed E-state index contributed by atoms with van der Waals surface area (Å²) in [6.07, 6.45) is 2.60. The molecule has 9 heteroatoms. The van der Waals surface area contributed by atoms with Gasteiger partial charge in [0.2, 0.25) is 5.95 Å². The second-order valence-electron chi connectivity index (χ2n) is 7.06. The Balaban J connectivity index is 0.00000272. The number of hydrogen-bond donors (Lipinski definition) is 1. The molecule has 0 spiro atoms.